The molecule has 0 aliphatic carbocycles. The lowest BCUT2D eigenvalue weighted by atomic mass is 9.97. The van der Waals surface area contributed by atoms with E-state index in [0.29, 0.717) is 31.6 Å². The third kappa shape index (κ3) is 5.28. The summed E-state index contributed by atoms with van der Waals surface area (Å²) in [6.45, 7) is 3.89. The van der Waals surface area contributed by atoms with Crippen LogP contribution in [0.3, 0.4) is 0 Å². The van der Waals surface area contributed by atoms with Crippen LogP contribution in [0.25, 0.3) is 0 Å². The van der Waals surface area contributed by atoms with Crippen LogP contribution >= 0.6 is 0 Å². The van der Waals surface area contributed by atoms with E-state index in [9.17, 15) is 13.2 Å². The highest BCUT2D eigenvalue weighted by Crippen LogP contribution is 2.22. The Labute approximate surface area is 150 Å². The van der Waals surface area contributed by atoms with E-state index < -0.39 is 10.0 Å². The highest BCUT2D eigenvalue weighted by atomic mass is 32.2. The third-order valence-corrected chi connectivity index (χ3v) is 5.73. The molecule has 25 heavy (non-hydrogen) atoms. The summed E-state index contributed by atoms with van der Waals surface area (Å²) in [4.78, 5) is 14.7. The minimum absolute atomic E-state index is 0.0135. The van der Waals surface area contributed by atoms with Gasteiger partial charge in [-0.15, -0.1) is 0 Å². The predicted molar refractivity (Wildman–Crippen MR) is 96.0 cm³/mol. The Kier molecular flexibility index (Phi) is 6.57. The van der Waals surface area contributed by atoms with Crippen LogP contribution in [0.5, 0.6) is 0 Å². The summed E-state index contributed by atoms with van der Waals surface area (Å²) in [5, 5.41) is 8.88. The Bertz CT molecular complexity index is 738. The lowest BCUT2D eigenvalue weighted by Crippen LogP contribution is -2.46. The molecule has 0 radical (unpaired) electrons. The molecule has 0 bridgehead atoms. The monoisotopic (exact) mass is 363 g/mol. The number of carbonyl (C=O) groups is 1. The van der Waals surface area contributed by atoms with Gasteiger partial charge >= 0.3 is 0 Å². The van der Waals surface area contributed by atoms with E-state index in [1.807, 2.05) is 19.1 Å². The first-order chi connectivity index (χ1) is 11.8. The lowest BCUT2D eigenvalue weighted by molar-refractivity contribution is -0.137. The molecule has 0 saturated carbocycles. The Morgan fingerprint density at radius 2 is 2.04 bits per heavy atom. The molecule has 6 nitrogen and oxygen atoms in total. The highest BCUT2D eigenvalue weighted by molar-refractivity contribution is 7.88. The minimum atomic E-state index is -3.26. The van der Waals surface area contributed by atoms with E-state index in [0.717, 1.165) is 18.4 Å². The van der Waals surface area contributed by atoms with Crippen LogP contribution in [0, 0.1) is 17.2 Å². The largest absolute Gasteiger partial charge is 0.338 e. The van der Waals surface area contributed by atoms with E-state index >= 15 is 0 Å². The number of nitrogens with zero attached hydrogens (tertiary/aromatic N) is 3. The zero-order valence-electron chi connectivity index (χ0n) is 14.8. The second-order valence-electron chi connectivity index (χ2n) is 6.53. The smallest absolute Gasteiger partial charge is 0.227 e. The summed E-state index contributed by atoms with van der Waals surface area (Å²) >= 11 is 0. The van der Waals surface area contributed by atoms with Gasteiger partial charge in [-0.2, -0.15) is 5.26 Å². The Morgan fingerprint density at radius 1 is 1.36 bits per heavy atom. The fourth-order valence-electron chi connectivity index (χ4n) is 3.15. The summed E-state index contributed by atoms with van der Waals surface area (Å²) in [7, 11) is -3.26. The molecule has 1 heterocycles. The standard InChI is InChI=1S/C18H25N3O3S/c1-3-10-20(13-16-8-6-15(12-19)7-9-16)18(22)17-5-4-11-21(14-17)25(2,23)24/h6-9,17H,3-5,10-11,13-14H2,1-2H3. The molecule has 1 unspecified atom stereocenters. The molecular formula is C18H25N3O3S. The molecule has 2 rings (SSSR count). The van der Waals surface area contributed by atoms with Gasteiger partial charge < -0.3 is 4.90 Å². The number of hydrogen-bond acceptors (Lipinski definition) is 4. The van der Waals surface area contributed by atoms with Crippen molar-refractivity contribution in [1.29, 1.82) is 5.26 Å². The van der Waals surface area contributed by atoms with Gasteiger partial charge in [0.15, 0.2) is 0 Å². The van der Waals surface area contributed by atoms with Gasteiger partial charge in [0.25, 0.3) is 0 Å². The fraction of sp³-hybridized carbons (Fsp3) is 0.556. The quantitative estimate of drug-likeness (QED) is 0.774. The molecule has 1 aliphatic heterocycles. The zero-order chi connectivity index (χ0) is 18.4. The first-order valence-corrected chi connectivity index (χ1v) is 10.4. The van der Waals surface area contributed by atoms with Crippen LogP contribution in [-0.2, 0) is 21.4 Å². The second-order valence-corrected chi connectivity index (χ2v) is 8.51. The van der Waals surface area contributed by atoms with E-state index in [-0.39, 0.29) is 18.4 Å². The second kappa shape index (κ2) is 8.45. The van der Waals surface area contributed by atoms with Crippen molar-refractivity contribution in [2.45, 2.75) is 32.7 Å². The van der Waals surface area contributed by atoms with Gasteiger partial charge in [0.1, 0.15) is 0 Å². The van der Waals surface area contributed by atoms with Gasteiger partial charge in [0.05, 0.1) is 23.8 Å². The average Bonchev–Trinajstić information content (AvgIpc) is 2.61. The average molecular weight is 363 g/mol. The van der Waals surface area contributed by atoms with E-state index in [4.69, 9.17) is 5.26 Å². The Hall–Kier alpha value is -1.91. The maximum atomic E-state index is 12.9. The predicted octanol–water partition coefficient (Wildman–Crippen LogP) is 1.97. The summed E-state index contributed by atoms with van der Waals surface area (Å²) in [6.07, 6.45) is 3.46. The van der Waals surface area contributed by atoms with Crippen LogP contribution in [0.4, 0.5) is 0 Å². The SMILES string of the molecule is CCCN(Cc1ccc(C#N)cc1)C(=O)C1CCCN(S(C)(=O)=O)C1. The number of hydrogen-bond donors (Lipinski definition) is 0. The Balaban J connectivity index is 2.09. The van der Waals surface area contributed by atoms with Crippen molar-refractivity contribution in [2.24, 2.45) is 5.92 Å². The number of sulfonamides is 1. The molecule has 1 aliphatic rings. The fourth-order valence-corrected chi connectivity index (χ4v) is 4.06. The molecular weight excluding hydrogens is 338 g/mol. The highest BCUT2D eigenvalue weighted by Gasteiger charge is 2.32. The number of rotatable bonds is 6. The molecule has 136 valence electrons. The summed E-state index contributed by atoms with van der Waals surface area (Å²) < 4.78 is 25.0. The van der Waals surface area contributed by atoms with Crippen molar-refractivity contribution in [2.75, 3.05) is 25.9 Å². The van der Waals surface area contributed by atoms with E-state index in [1.165, 1.54) is 10.6 Å². The van der Waals surface area contributed by atoms with E-state index in [2.05, 4.69) is 6.07 Å². The van der Waals surface area contributed by atoms with Crippen molar-refractivity contribution >= 4 is 15.9 Å². The number of carbonyl (C=O) groups excluding carboxylic acids is 1. The van der Waals surface area contributed by atoms with Gasteiger partial charge in [-0.25, -0.2) is 12.7 Å². The van der Waals surface area contributed by atoms with Crippen LogP contribution in [0.2, 0.25) is 0 Å². The van der Waals surface area contributed by atoms with Gasteiger partial charge in [-0.1, -0.05) is 19.1 Å². The van der Waals surface area contributed by atoms with Gasteiger partial charge in [-0.05, 0) is 37.0 Å². The van der Waals surface area contributed by atoms with Crippen molar-refractivity contribution in [3.8, 4) is 6.07 Å². The van der Waals surface area contributed by atoms with Gasteiger partial charge in [0, 0.05) is 26.2 Å². The normalized spacial score (nSPS) is 18.5. The molecule has 1 atom stereocenters. The van der Waals surface area contributed by atoms with Crippen molar-refractivity contribution < 1.29 is 13.2 Å². The number of benzene rings is 1. The molecule has 1 fully saturated rings. The third-order valence-electron chi connectivity index (χ3n) is 4.46. The zero-order valence-corrected chi connectivity index (χ0v) is 15.6. The van der Waals surface area contributed by atoms with E-state index in [1.54, 1.807) is 17.0 Å². The van der Waals surface area contributed by atoms with Crippen LogP contribution in [0.15, 0.2) is 24.3 Å². The summed E-state index contributed by atoms with van der Waals surface area (Å²) in [6, 6.07) is 9.29. The first kappa shape index (κ1) is 19.4. The molecule has 1 aromatic carbocycles. The molecule has 0 N–H and O–H groups in total. The molecule has 1 aromatic rings. The summed E-state index contributed by atoms with van der Waals surface area (Å²) in [5.74, 6) is -0.270. The molecule has 0 aromatic heterocycles. The molecule has 7 heteroatoms. The lowest BCUT2D eigenvalue weighted by Gasteiger charge is -2.33. The maximum absolute atomic E-state index is 12.9. The topological polar surface area (TPSA) is 81.5 Å². The van der Waals surface area contributed by atoms with Crippen LogP contribution in [0.1, 0.15) is 37.3 Å². The van der Waals surface area contributed by atoms with Gasteiger partial charge in [0.2, 0.25) is 15.9 Å². The maximum Gasteiger partial charge on any atom is 0.227 e. The molecule has 0 spiro atoms. The van der Waals surface area contributed by atoms with Gasteiger partial charge in [-0.3, -0.25) is 4.79 Å². The molecule has 1 amide bonds. The number of piperidine rings is 1. The number of nitriles is 1. The van der Waals surface area contributed by atoms with Crippen LogP contribution in [-0.4, -0.2) is 49.4 Å². The van der Waals surface area contributed by atoms with Crippen molar-refractivity contribution in [3.05, 3.63) is 35.4 Å². The van der Waals surface area contributed by atoms with Crippen LogP contribution < -0.4 is 0 Å². The Morgan fingerprint density at radius 3 is 2.60 bits per heavy atom. The first-order valence-electron chi connectivity index (χ1n) is 8.58. The van der Waals surface area contributed by atoms with Crippen molar-refractivity contribution in [1.82, 2.24) is 9.21 Å². The number of amides is 1. The minimum Gasteiger partial charge on any atom is -0.338 e. The van der Waals surface area contributed by atoms with Crippen molar-refractivity contribution in [3.63, 3.8) is 0 Å². The summed E-state index contributed by atoms with van der Waals surface area (Å²) in [5.41, 5.74) is 1.56. The molecule has 1 saturated heterocycles.